The van der Waals surface area contributed by atoms with Crippen LogP contribution in [0.3, 0.4) is 0 Å². The number of para-hydroxylation sites is 1. The number of ether oxygens (including phenoxy) is 1. The molecule has 3 atom stereocenters. The summed E-state index contributed by atoms with van der Waals surface area (Å²) in [5, 5.41) is 3.97. The summed E-state index contributed by atoms with van der Waals surface area (Å²) in [4.78, 5) is 23.3. The van der Waals surface area contributed by atoms with E-state index in [1.165, 1.54) is 0 Å². The van der Waals surface area contributed by atoms with Gasteiger partial charge in [-0.2, -0.15) is 0 Å². The zero-order valence-corrected chi connectivity index (χ0v) is 15.3. The first kappa shape index (κ1) is 14.3. The average Bonchev–Trinajstić information content (AvgIpc) is 3.13. The van der Waals surface area contributed by atoms with E-state index in [0.29, 0.717) is 37.4 Å². The van der Waals surface area contributed by atoms with E-state index in [1.54, 1.807) is 29.7 Å². The van der Waals surface area contributed by atoms with Crippen LogP contribution in [-0.2, 0) is 4.74 Å². The monoisotopic (exact) mass is 380 g/mol. The van der Waals surface area contributed by atoms with Gasteiger partial charge in [0, 0.05) is 46.2 Å². The molecule has 2 aliphatic rings. The summed E-state index contributed by atoms with van der Waals surface area (Å²) in [5.74, 6) is 0.459. The molecule has 1 aromatic carbocycles. The quantitative estimate of drug-likeness (QED) is 0.753. The minimum atomic E-state index is -2.15. The van der Waals surface area contributed by atoms with Crippen molar-refractivity contribution in [2.24, 2.45) is 0 Å². The normalized spacial score (nSPS) is 27.0. The van der Waals surface area contributed by atoms with Crippen molar-refractivity contribution < 1.29 is 13.6 Å². The standard InChI is InChI=1S/C21H23N5O2/c1-25-15-8-14(9-16(25)13-28-12-15)24-21(27)18-11-26(20-10-22-6-7-23-20)19-5-3-2-4-17(18)19/h2-7,10-11,14-16H,8-9,12-13H2,1H3,(H,24,27)/t14-,15-,16+/i1D3. The SMILES string of the molecule is [2H]C([2H])([2H])N1[C@@H]2COC[C@H]1C[C@@H](NC(=O)c1cn(-c3cnccn3)c3ccccc13)C2. The van der Waals surface area contributed by atoms with Crippen molar-refractivity contribution in [1.29, 1.82) is 0 Å². The van der Waals surface area contributed by atoms with Gasteiger partial charge in [-0.15, -0.1) is 0 Å². The lowest BCUT2D eigenvalue weighted by molar-refractivity contribution is -0.0670. The lowest BCUT2D eigenvalue weighted by Gasteiger charge is -2.46. The van der Waals surface area contributed by atoms with Gasteiger partial charge in [-0.05, 0) is 25.9 Å². The van der Waals surface area contributed by atoms with Crippen LogP contribution in [0.15, 0.2) is 49.1 Å². The molecule has 1 amide bonds. The first-order chi connectivity index (χ1) is 14.9. The van der Waals surface area contributed by atoms with Crippen molar-refractivity contribution >= 4 is 16.8 Å². The molecule has 1 N–H and O–H groups in total. The van der Waals surface area contributed by atoms with Crippen molar-refractivity contribution in [3.05, 3.63) is 54.6 Å². The Labute approximate surface area is 167 Å². The van der Waals surface area contributed by atoms with E-state index in [4.69, 9.17) is 8.85 Å². The maximum atomic E-state index is 13.3. The van der Waals surface area contributed by atoms with Gasteiger partial charge in [0.2, 0.25) is 0 Å². The molecule has 2 bridgehead atoms. The highest BCUT2D eigenvalue weighted by atomic mass is 16.5. The molecule has 0 unspecified atom stereocenters. The van der Waals surface area contributed by atoms with E-state index in [-0.39, 0.29) is 24.0 Å². The molecule has 2 saturated heterocycles. The number of carbonyl (C=O) groups excluding carboxylic acids is 1. The third-order valence-electron chi connectivity index (χ3n) is 5.61. The second-order valence-corrected chi connectivity index (χ2v) is 7.39. The van der Waals surface area contributed by atoms with Crippen LogP contribution >= 0.6 is 0 Å². The molecule has 144 valence electrons. The summed E-state index contributed by atoms with van der Waals surface area (Å²) in [6, 6.07) is 7.11. The van der Waals surface area contributed by atoms with E-state index in [2.05, 4.69) is 15.3 Å². The molecule has 4 heterocycles. The zero-order valence-electron chi connectivity index (χ0n) is 18.3. The van der Waals surface area contributed by atoms with Crippen molar-refractivity contribution in [2.75, 3.05) is 20.2 Å². The predicted octanol–water partition coefficient (Wildman–Crippen LogP) is 2.01. The largest absolute Gasteiger partial charge is 0.378 e. The number of piperidine rings is 1. The fraction of sp³-hybridized carbons (Fsp3) is 0.381. The predicted molar refractivity (Wildman–Crippen MR) is 106 cm³/mol. The van der Waals surface area contributed by atoms with Crippen LogP contribution in [0.2, 0.25) is 0 Å². The number of hydrogen-bond acceptors (Lipinski definition) is 5. The number of carbonyl (C=O) groups is 1. The van der Waals surface area contributed by atoms with E-state index in [0.717, 1.165) is 10.9 Å². The third-order valence-corrected chi connectivity index (χ3v) is 5.61. The molecule has 7 nitrogen and oxygen atoms in total. The van der Waals surface area contributed by atoms with E-state index < -0.39 is 6.98 Å². The molecule has 5 rings (SSSR count). The fourth-order valence-electron chi connectivity index (χ4n) is 4.26. The molecular weight excluding hydrogens is 354 g/mol. The number of rotatable bonds is 3. The molecule has 0 aliphatic carbocycles. The van der Waals surface area contributed by atoms with Gasteiger partial charge in [0.25, 0.3) is 5.91 Å². The second kappa shape index (κ2) is 7.00. The van der Waals surface area contributed by atoms with Crippen molar-refractivity contribution in [3.8, 4) is 5.82 Å². The van der Waals surface area contributed by atoms with Gasteiger partial charge < -0.3 is 10.1 Å². The van der Waals surface area contributed by atoms with Gasteiger partial charge in [-0.1, -0.05) is 18.2 Å². The summed E-state index contributed by atoms with van der Waals surface area (Å²) in [7, 11) is 0. The van der Waals surface area contributed by atoms with Crippen LogP contribution < -0.4 is 5.32 Å². The summed E-state index contributed by atoms with van der Waals surface area (Å²) in [6.45, 7) is -1.42. The van der Waals surface area contributed by atoms with Gasteiger partial charge in [0.05, 0.1) is 30.5 Å². The number of fused-ring (bicyclic) bond motifs is 3. The van der Waals surface area contributed by atoms with Crippen molar-refractivity contribution in [3.63, 3.8) is 0 Å². The van der Waals surface area contributed by atoms with Crippen LogP contribution in [0.5, 0.6) is 0 Å². The second-order valence-electron chi connectivity index (χ2n) is 7.39. The lowest BCUT2D eigenvalue weighted by atomic mass is 9.90. The van der Waals surface area contributed by atoms with Crippen LogP contribution in [0.1, 0.15) is 27.3 Å². The molecule has 2 aromatic heterocycles. The van der Waals surface area contributed by atoms with Gasteiger partial charge in [0.1, 0.15) is 0 Å². The van der Waals surface area contributed by atoms with Crippen LogP contribution in [-0.4, -0.2) is 63.7 Å². The molecule has 2 aliphatic heterocycles. The van der Waals surface area contributed by atoms with E-state index >= 15 is 0 Å². The Balaban J connectivity index is 1.41. The smallest absolute Gasteiger partial charge is 0.253 e. The van der Waals surface area contributed by atoms with Crippen LogP contribution in [0.25, 0.3) is 16.7 Å². The molecule has 0 saturated carbocycles. The van der Waals surface area contributed by atoms with Crippen molar-refractivity contribution in [1.82, 2.24) is 24.8 Å². The Morgan fingerprint density at radius 3 is 2.82 bits per heavy atom. The van der Waals surface area contributed by atoms with Crippen molar-refractivity contribution in [2.45, 2.75) is 31.0 Å². The molecule has 3 aromatic rings. The van der Waals surface area contributed by atoms with E-state index in [1.807, 2.05) is 28.8 Å². The molecule has 28 heavy (non-hydrogen) atoms. The molecule has 2 fully saturated rings. The highest BCUT2D eigenvalue weighted by molar-refractivity contribution is 6.07. The number of nitrogens with one attached hydrogen (secondary N) is 1. The number of aromatic nitrogens is 3. The molecular formula is C21H23N5O2. The first-order valence-corrected chi connectivity index (χ1v) is 9.45. The third kappa shape index (κ3) is 2.96. The lowest BCUT2D eigenvalue weighted by Crippen LogP contribution is -2.59. The Kier molecular flexibility index (Phi) is 3.56. The Bertz CT molecular complexity index is 1090. The first-order valence-electron chi connectivity index (χ1n) is 11.0. The highest BCUT2D eigenvalue weighted by Crippen LogP contribution is 2.28. The molecule has 0 spiro atoms. The molecule has 0 radical (unpaired) electrons. The topological polar surface area (TPSA) is 72.3 Å². The number of likely N-dealkylation sites (N-methyl/N-ethyl adjacent to an activating group) is 1. The van der Waals surface area contributed by atoms with Gasteiger partial charge >= 0.3 is 0 Å². The van der Waals surface area contributed by atoms with E-state index in [9.17, 15) is 4.79 Å². The van der Waals surface area contributed by atoms with Crippen LogP contribution in [0, 0.1) is 0 Å². The Morgan fingerprint density at radius 1 is 1.25 bits per heavy atom. The van der Waals surface area contributed by atoms with Crippen LogP contribution in [0.4, 0.5) is 0 Å². The summed E-state index contributed by atoms with van der Waals surface area (Å²) in [5.41, 5.74) is 1.43. The number of nitrogens with zero attached hydrogens (tertiary/aromatic N) is 4. The summed E-state index contributed by atoms with van der Waals surface area (Å²) in [6.07, 6.45) is 7.75. The summed E-state index contributed by atoms with van der Waals surface area (Å²) < 4.78 is 31.0. The minimum absolute atomic E-state index is 0.108. The van der Waals surface area contributed by atoms with Gasteiger partial charge in [0.15, 0.2) is 5.82 Å². The number of morpholine rings is 1. The molecule has 7 heteroatoms. The zero-order chi connectivity index (χ0) is 21.6. The maximum absolute atomic E-state index is 13.3. The summed E-state index contributed by atoms with van der Waals surface area (Å²) >= 11 is 0. The number of benzene rings is 1. The highest BCUT2D eigenvalue weighted by Gasteiger charge is 2.37. The number of amides is 1. The maximum Gasteiger partial charge on any atom is 0.253 e. The number of hydrogen-bond donors (Lipinski definition) is 1. The minimum Gasteiger partial charge on any atom is -0.378 e. The Morgan fingerprint density at radius 2 is 2.07 bits per heavy atom. The fourth-order valence-corrected chi connectivity index (χ4v) is 4.26. The average molecular weight is 380 g/mol. The van der Waals surface area contributed by atoms with Gasteiger partial charge in [-0.25, -0.2) is 4.98 Å². The van der Waals surface area contributed by atoms with Gasteiger partial charge in [-0.3, -0.25) is 19.2 Å². The Hall–Kier alpha value is -2.77.